The Kier molecular flexibility index (Phi) is 14.3. The summed E-state index contributed by atoms with van der Waals surface area (Å²) in [6, 6.07) is 17.8. The molecule has 2 heterocycles. The van der Waals surface area contributed by atoms with Crippen LogP contribution in [0.2, 0.25) is 0 Å². The van der Waals surface area contributed by atoms with E-state index < -0.39 is 29.8 Å². The van der Waals surface area contributed by atoms with Crippen molar-refractivity contribution in [3.05, 3.63) is 83.4 Å². The summed E-state index contributed by atoms with van der Waals surface area (Å²) in [6.07, 6.45) is 5.25. The number of amides is 5. The molecule has 2 aliphatic heterocycles. The second-order valence-corrected chi connectivity index (χ2v) is 13.8. The largest absolute Gasteiger partial charge is 0.496 e. The van der Waals surface area contributed by atoms with E-state index in [1.54, 1.807) is 43.3 Å². The summed E-state index contributed by atoms with van der Waals surface area (Å²) in [5.74, 6) is 0.339. The molecular formula is C41H51N5O8. The Labute approximate surface area is 316 Å². The number of rotatable bonds is 8. The lowest BCUT2D eigenvalue weighted by molar-refractivity contribution is -0.137. The number of carbonyl (C=O) groups excluding carboxylic acids is 5. The molecule has 0 saturated heterocycles. The van der Waals surface area contributed by atoms with Crippen LogP contribution < -0.4 is 35.5 Å². The maximum Gasteiger partial charge on any atom is 0.251 e. The molecule has 2 atom stereocenters. The Morgan fingerprint density at radius 3 is 2.37 bits per heavy atom. The van der Waals surface area contributed by atoms with Crippen LogP contribution in [0.1, 0.15) is 73.4 Å². The summed E-state index contributed by atoms with van der Waals surface area (Å²) in [5, 5.41) is 11.4. The molecule has 3 aliphatic rings. The molecule has 4 bridgehead atoms. The van der Waals surface area contributed by atoms with Gasteiger partial charge in [-0.3, -0.25) is 24.0 Å². The van der Waals surface area contributed by atoms with Gasteiger partial charge in [-0.25, -0.2) is 0 Å². The normalized spacial score (nSPS) is 19.2. The molecule has 1 saturated carbocycles. The second-order valence-electron chi connectivity index (χ2n) is 13.8. The van der Waals surface area contributed by atoms with Crippen molar-refractivity contribution in [1.82, 2.24) is 26.2 Å². The zero-order valence-corrected chi connectivity index (χ0v) is 31.3. The molecule has 1 fully saturated rings. The van der Waals surface area contributed by atoms with Crippen molar-refractivity contribution >= 4 is 29.5 Å². The minimum Gasteiger partial charge on any atom is -0.496 e. The van der Waals surface area contributed by atoms with Crippen molar-refractivity contribution in [2.75, 3.05) is 33.9 Å². The summed E-state index contributed by atoms with van der Waals surface area (Å²) < 4.78 is 17.2. The highest BCUT2D eigenvalue weighted by atomic mass is 16.5. The molecule has 0 spiro atoms. The molecule has 3 aromatic rings. The van der Waals surface area contributed by atoms with Gasteiger partial charge in [-0.15, -0.1) is 0 Å². The van der Waals surface area contributed by atoms with Crippen LogP contribution in [-0.4, -0.2) is 80.4 Å². The zero-order valence-electron chi connectivity index (χ0n) is 31.3. The Morgan fingerprint density at radius 2 is 1.63 bits per heavy atom. The first-order valence-electron chi connectivity index (χ1n) is 18.6. The van der Waals surface area contributed by atoms with Gasteiger partial charge in [-0.1, -0.05) is 43.2 Å². The Bertz CT molecular complexity index is 1780. The van der Waals surface area contributed by atoms with E-state index in [0.717, 1.165) is 24.8 Å². The third-order valence-corrected chi connectivity index (χ3v) is 9.62. The number of methoxy groups -OCH3 is 2. The number of carbonyl (C=O) groups is 5. The fraction of sp³-hybridized carbons (Fsp3) is 0.439. The van der Waals surface area contributed by atoms with Crippen LogP contribution in [0.15, 0.2) is 66.7 Å². The Hall–Kier alpha value is -5.59. The molecule has 0 aromatic heterocycles. The van der Waals surface area contributed by atoms with Crippen LogP contribution in [0, 0.1) is 5.92 Å². The third kappa shape index (κ3) is 11.7. The van der Waals surface area contributed by atoms with Gasteiger partial charge in [0.05, 0.1) is 20.8 Å². The molecule has 288 valence electrons. The Morgan fingerprint density at radius 1 is 0.852 bits per heavy atom. The van der Waals surface area contributed by atoms with Gasteiger partial charge >= 0.3 is 0 Å². The van der Waals surface area contributed by atoms with Crippen molar-refractivity contribution in [3.63, 3.8) is 0 Å². The maximum atomic E-state index is 13.6. The van der Waals surface area contributed by atoms with E-state index >= 15 is 0 Å². The first-order chi connectivity index (χ1) is 26.1. The van der Waals surface area contributed by atoms with Crippen LogP contribution in [0.5, 0.6) is 23.0 Å². The van der Waals surface area contributed by atoms with Crippen LogP contribution in [0.25, 0.3) is 0 Å². The molecule has 3 aromatic carbocycles. The van der Waals surface area contributed by atoms with Gasteiger partial charge in [-0.05, 0) is 80.8 Å². The van der Waals surface area contributed by atoms with Crippen molar-refractivity contribution in [2.24, 2.45) is 5.92 Å². The van der Waals surface area contributed by atoms with Crippen LogP contribution in [0.3, 0.4) is 0 Å². The minimum absolute atomic E-state index is 0.0975. The topological polar surface area (TPSA) is 164 Å². The summed E-state index contributed by atoms with van der Waals surface area (Å²) in [6.45, 7) is 2.12. The highest BCUT2D eigenvalue weighted by Gasteiger charge is 2.28. The van der Waals surface area contributed by atoms with E-state index in [1.165, 1.54) is 19.1 Å². The number of nitrogens with zero attached hydrogens (tertiary/aromatic N) is 1. The van der Waals surface area contributed by atoms with Gasteiger partial charge in [0.2, 0.25) is 23.6 Å². The molecule has 0 radical (unpaired) electrons. The van der Waals surface area contributed by atoms with Gasteiger partial charge in [0, 0.05) is 43.2 Å². The number of nitrogens with one attached hydrogen (secondary N) is 4. The SMILES string of the molecule is COc1cc2ccc1CNC(=O)[C@H](C)NC(=O)[C@H](CCc1ccccc1)NC(=O)CN(C(=O)CCC1CC1)CCCCNC(=O)c1ccc(OC)c(c1)O2. The van der Waals surface area contributed by atoms with E-state index in [4.69, 9.17) is 14.2 Å². The van der Waals surface area contributed by atoms with E-state index in [9.17, 15) is 24.0 Å². The van der Waals surface area contributed by atoms with Crippen molar-refractivity contribution in [2.45, 2.75) is 76.9 Å². The van der Waals surface area contributed by atoms with Gasteiger partial charge in [0.15, 0.2) is 11.5 Å². The van der Waals surface area contributed by atoms with Gasteiger partial charge < -0.3 is 40.4 Å². The molecule has 0 unspecified atom stereocenters. The molecule has 54 heavy (non-hydrogen) atoms. The van der Waals surface area contributed by atoms with E-state index in [2.05, 4.69) is 21.3 Å². The van der Waals surface area contributed by atoms with Gasteiger partial charge in [0.25, 0.3) is 5.91 Å². The average molecular weight is 742 g/mol. The molecule has 4 N–H and O–H groups in total. The van der Waals surface area contributed by atoms with Crippen LogP contribution >= 0.6 is 0 Å². The molecule has 13 heteroatoms. The van der Waals surface area contributed by atoms with Gasteiger partial charge in [0.1, 0.15) is 23.6 Å². The average Bonchev–Trinajstić information content (AvgIpc) is 4.02. The Balaban J connectivity index is 1.37. The van der Waals surface area contributed by atoms with Crippen molar-refractivity contribution in [1.29, 1.82) is 0 Å². The number of hydrogen-bond acceptors (Lipinski definition) is 8. The standard InChI is InChI=1S/C41H51N5O8/c1-27-39(49)43-25-31-15-17-32(24-35(31)53-3)54-36-23-30(16-19-34(36)52-2)40(50)42-21-7-8-22-46(38(48)20-14-29-11-12-29)26-37(47)45-33(41(51)44-27)18-13-28-9-5-4-6-10-28/h4-6,9-10,15-17,19,23-24,27,29,33H,7-8,11-14,18,20-22,25-26H2,1-3H3,(H,42,50)(H,43,49)(H,44,51)(H,45,47)/t27-,33-/m0/s1. The summed E-state index contributed by atoms with van der Waals surface area (Å²) in [5.41, 5.74) is 2.02. The lowest BCUT2D eigenvalue weighted by Gasteiger charge is -2.25. The lowest BCUT2D eigenvalue weighted by atomic mass is 10.0. The number of ether oxygens (including phenoxy) is 3. The summed E-state index contributed by atoms with van der Waals surface area (Å²) in [7, 11) is 3.01. The molecule has 13 nitrogen and oxygen atoms in total. The highest BCUT2D eigenvalue weighted by molar-refractivity contribution is 5.95. The fourth-order valence-corrected chi connectivity index (χ4v) is 6.23. The quantitative estimate of drug-likeness (QED) is 0.249. The first kappa shape index (κ1) is 39.6. The molecule has 1 aliphatic carbocycles. The minimum atomic E-state index is -0.954. The van der Waals surface area contributed by atoms with Crippen molar-refractivity contribution < 1.29 is 38.2 Å². The molecule has 6 rings (SSSR count). The number of hydrogen-bond donors (Lipinski definition) is 4. The predicted molar refractivity (Wildman–Crippen MR) is 202 cm³/mol. The van der Waals surface area contributed by atoms with Crippen LogP contribution in [0.4, 0.5) is 0 Å². The van der Waals surface area contributed by atoms with E-state index in [0.29, 0.717) is 78.8 Å². The molecular weight excluding hydrogens is 690 g/mol. The monoisotopic (exact) mass is 741 g/mol. The lowest BCUT2D eigenvalue weighted by Crippen LogP contribution is -2.54. The summed E-state index contributed by atoms with van der Waals surface area (Å²) in [4.78, 5) is 68.4. The summed E-state index contributed by atoms with van der Waals surface area (Å²) >= 11 is 0. The smallest absolute Gasteiger partial charge is 0.251 e. The maximum absolute atomic E-state index is 13.6. The zero-order chi connectivity index (χ0) is 38.5. The van der Waals surface area contributed by atoms with E-state index in [1.807, 2.05) is 30.3 Å². The number of benzene rings is 3. The third-order valence-electron chi connectivity index (χ3n) is 9.62. The van der Waals surface area contributed by atoms with E-state index in [-0.39, 0.29) is 31.3 Å². The molecule has 5 amide bonds. The van der Waals surface area contributed by atoms with Crippen molar-refractivity contribution in [3.8, 4) is 23.0 Å². The first-order valence-corrected chi connectivity index (χ1v) is 18.6. The fourth-order valence-electron chi connectivity index (χ4n) is 6.23. The number of fused-ring (bicyclic) bond motifs is 18. The van der Waals surface area contributed by atoms with Crippen LogP contribution in [-0.2, 0) is 32.1 Å². The highest BCUT2D eigenvalue weighted by Crippen LogP contribution is 2.35. The predicted octanol–water partition coefficient (Wildman–Crippen LogP) is 4.28. The van der Waals surface area contributed by atoms with Gasteiger partial charge in [-0.2, -0.15) is 0 Å². The number of aryl methyl sites for hydroxylation is 1. The second kappa shape index (κ2) is 19.5.